The lowest BCUT2D eigenvalue weighted by molar-refractivity contribution is 0.0716. The summed E-state index contributed by atoms with van der Waals surface area (Å²) in [7, 11) is 1.45. The molecule has 0 unspecified atom stereocenters. The van der Waals surface area contributed by atoms with Gasteiger partial charge in [0.2, 0.25) is 0 Å². The molecule has 2 heterocycles. The van der Waals surface area contributed by atoms with Crippen LogP contribution in [-0.2, 0) is 0 Å². The first-order valence-corrected chi connectivity index (χ1v) is 8.42. The quantitative estimate of drug-likeness (QED) is 0.845. The van der Waals surface area contributed by atoms with Crippen molar-refractivity contribution in [2.75, 3.05) is 33.3 Å². The van der Waals surface area contributed by atoms with Gasteiger partial charge < -0.3 is 14.5 Å². The van der Waals surface area contributed by atoms with Gasteiger partial charge in [0, 0.05) is 38.6 Å². The van der Waals surface area contributed by atoms with Crippen molar-refractivity contribution in [3.8, 4) is 5.75 Å². The highest BCUT2D eigenvalue weighted by molar-refractivity contribution is 5.97. The summed E-state index contributed by atoms with van der Waals surface area (Å²) in [6, 6.07) is 7.33. The molecule has 26 heavy (non-hydrogen) atoms. The Morgan fingerprint density at radius 2 is 1.81 bits per heavy atom. The van der Waals surface area contributed by atoms with Gasteiger partial charge in [0.15, 0.2) is 0 Å². The zero-order valence-corrected chi connectivity index (χ0v) is 14.5. The number of benzene rings is 1. The second-order valence-electron chi connectivity index (χ2n) is 6.02. The summed E-state index contributed by atoms with van der Waals surface area (Å²) >= 11 is 0. The van der Waals surface area contributed by atoms with Gasteiger partial charge in [0.05, 0.1) is 18.2 Å². The standard InChI is InChI=1S/C19H20FN3O3/c1-26-17-6-5-15(20)12-16(17)19(25)23-9-3-8-22(10-11-23)18(24)14-4-2-7-21-13-14/h2,4-7,12-13H,3,8-11H2,1H3. The zero-order chi connectivity index (χ0) is 18.5. The van der Waals surface area contributed by atoms with E-state index in [0.29, 0.717) is 43.9 Å². The minimum atomic E-state index is -0.489. The Balaban J connectivity index is 1.72. The summed E-state index contributed by atoms with van der Waals surface area (Å²) in [5, 5.41) is 0. The van der Waals surface area contributed by atoms with Gasteiger partial charge in [-0.15, -0.1) is 0 Å². The molecular formula is C19H20FN3O3. The Labute approximate surface area is 151 Å². The minimum Gasteiger partial charge on any atom is -0.496 e. The highest BCUT2D eigenvalue weighted by Gasteiger charge is 2.25. The maximum absolute atomic E-state index is 13.6. The van der Waals surface area contributed by atoms with Crippen molar-refractivity contribution in [1.82, 2.24) is 14.8 Å². The van der Waals surface area contributed by atoms with E-state index >= 15 is 0 Å². The van der Waals surface area contributed by atoms with E-state index < -0.39 is 5.82 Å². The van der Waals surface area contributed by atoms with Crippen molar-refractivity contribution in [3.63, 3.8) is 0 Å². The molecule has 0 N–H and O–H groups in total. The van der Waals surface area contributed by atoms with Gasteiger partial charge in [-0.1, -0.05) is 0 Å². The van der Waals surface area contributed by atoms with Crippen LogP contribution in [0, 0.1) is 5.82 Å². The van der Waals surface area contributed by atoms with Crippen LogP contribution in [-0.4, -0.2) is 59.9 Å². The average molecular weight is 357 g/mol. The molecule has 0 aliphatic carbocycles. The van der Waals surface area contributed by atoms with Crippen molar-refractivity contribution >= 4 is 11.8 Å². The summed E-state index contributed by atoms with van der Waals surface area (Å²) in [6.45, 7) is 1.84. The van der Waals surface area contributed by atoms with Gasteiger partial charge in [-0.3, -0.25) is 14.6 Å². The number of rotatable bonds is 3. The molecule has 7 heteroatoms. The van der Waals surface area contributed by atoms with Crippen LogP contribution in [0.15, 0.2) is 42.7 Å². The van der Waals surface area contributed by atoms with Crippen LogP contribution in [0.5, 0.6) is 5.75 Å². The molecule has 1 fully saturated rings. The van der Waals surface area contributed by atoms with E-state index in [1.54, 1.807) is 28.1 Å². The molecule has 0 atom stereocenters. The van der Waals surface area contributed by atoms with E-state index in [0.717, 1.165) is 0 Å². The lowest BCUT2D eigenvalue weighted by Crippen LogP contribution is -2.37. The Hall–Kier alpha value is -2.96. The predicted molar refractivity (Wildman–Crippen MR) is 93.6 cm³/mol. The average Bonchev–Trinajstić information content (AvgIpc) is 2.93. The first-order chi connectivity index (χ1) is 12.6. The van der Waals surface area contributed by atoms with Gasteiger partial charge >= 0.3 is 0 Å². The highest BCUT2D eigenvalue weighted by atomic mass is 19.1. The molecule has 1 saturated heterocycles. The number of methoxy groups -OCH3 is 1. The Morgan fingerprint density at radius 3 is 2.46 bits per heavy atom. The summed E-state index contributed by atoms with van der Waals surface area (Å²) in [5.74, 6) is -0.547. The molecule has 1 aliphatic heterocycles. The fourth-order valence-corrected chi connectivity index (χ4v) is 3.01. The lowest BCUT2D eigenvalue weighted by Gasteiger charge is -2.23. The van der Waals surface area contributed by atoms with Crippen LogP contribution in [0.3, 0.4) is 0 Å². The SMILES string of the molecule is COc1ccc(F)cc1C(=O)N1CCCN(C(=O)c2cccnc2)CC1. The van der Waals surface area contributed by atoms with Gasteiger partial charge in [-0.25, -0.2) is 4.39 Å². The molecule has 0 radical (unpaired) electrons. The summed E-state index contributed by atoms with van der Waals surface area (Å²) in [4.78, 5) is 32.7. The largest absolute Gasteiger partial charge is 0.496 e. The van der Waals surface area contributed by atoms with Gasteiger partial charge in [-0.2, -0.15) is 0 Å². The first kappa shape index (κ1) is 17.8. The van der Waals surface area contributed by atoms with E-state index in [1.165, 1.54) is 31.5 Å². The molecule has 3 rings (SSSR count). The third-order valence-corrected chi connectivity index (χ3v) is 4.37. The fourth-order valence-electron chi connectivity index (χ4n) is 3.01. The number of ether oxygens (including phenoxy) is 1. The molecule has 0 spiro atoms. The molecular weight excluding hydrogens is 337 g/mol. The Bertz CT molecular complexity index is 798. The molecule has 2 aromatic rings. The third kappa shape index (κ3) is 3.82. The van der Waals surface area contributed by atoms with Crippen molar-refractivity contribution in [2.24, 2.45) is 0 Å². The number of carbonyl (C=O) groups is 2. The number of hydrogen-bond donors (Lipinski definition) is 0. The van der Waals surface area contributed by atoms with Crippen molar-refractivity contribution < 1.29 is 18.7 Å². The first-order valence-electron chi connectivity index (χ1n) is 8.42. The number of amides is 2. The number of halogens is 1. The zero-order valence-electron chi connectivity index (χ0n) is 14.5. The second kappa shape index (κ2) is 7.95. The van der Waals surface area contributed by atoms with E-state index in [-0.39, 0.29) is 17.4 Å². The molecule has 1 aromatic carbocycles. The minimum absolute atomic E-state index is 0.101. The maximum atomic E-state index is 13.6. The number of carbonyl (C=O) groups excluding carboxylic acids is 2. The van der Waals surface area contributed by atoms with Gasteiger partial charge in [0.25, 0.3) is 11.8 Å². The molecule has 1 aliphatic rings. The summed E-state index contributed by atoms with van der Waals surface area (Å²) in [5.41, 5.74) is 0.721. The summed E-state index contributed by atoms with van der Waals surface area (Å²) < 4.78 is 18.7. The van der Waals surface area contributed by atoms with Gasteiger partial charge in [0.1, 0.15) is 11.6 Å². The predicted octanol–water partition coefficient (Wildman–Crippen LogP) is 2.22. The number of nitrogens with zero attached hydrogens (tertiary/aromatic N) is 3. The van der Waals surface area contributed by atoms with Crippen LogP contribution < -0.4 is 4.74 Å². The third-order valence-electron chi connectivity index (χ3n) is 4.37. The molecule has 0 saturated carbocycles. The second-order valence-corrected chi connectivity index (χ2v) is 6.02. The topological polar surface area (TPSA) is 62.7 Å². The highest BCUT2D eigenvalue weighted by Crippen LogP contribution is 2.22. The smallest absolute Gasteiger partial charge is 0.257 e. The molecule has 6 nitrogen and oxygen atoms in total. The van der Waals surface area contributed by atoms with E-state index in [1.807, 2.05) is 0 Å². The maximum Gasteiger partial charge on any atom is 0.257 e. The molecule has 1 aromatic heterocycles. The van der Waals surface area contributed by atoms with Crippen LogP contribution in [0.25, 0.3) is 0 Å². The van der Waals surface area contributed by atoms with E-state index in [4.69, 9.17) is 4.74 Å². The lowest BCUT2D eigenvalue weighted by atomic mass is 10.1. The van der Waals surface area contributed by atoms with Crippen molar-refractivity contribution in [2.45, 2.75) is 6.42 Å². The van der Waals surface area contributed by atoms with Crippen LogP contribution >= 0.6 is 0 Å². The van der Waals surface area contributed by atoms with Crippen LogP contribution in [0.4, 0.5) is 4.39 Å². The Morgan fingerprint density at radius 1 is 1.08 bits per heavy atom. The number of aromatic nitrogens is 1. The van der Waals surface area contributed by atoms with E-state index in [9.17, 15) is 14.0 Å². The van der Waals surface area contributed by atoms with Gasteiger partial charge in [-0.05, 0) is 36.8 Å². The van der Waals surface area contributed by atoms with Crippen LogP contribution in [0.2, 0.25) is 0 Å². The normalized spacial score (nSPS) is 14.7. The molecule has 136 valence electrons. The number of pyridine rings is 1. The Kier molecular flexibility index (Phi) is 5.46. The van der Waals surface area contributed by atoms with Crippen molar-refractivity contribution in [3.05, 3.63) is 59.7 Å². The number of hydrogen-bond acceptors (Lipinski definition) is 4. The molecule has 2 amide bonds. The van der Waals surface area contributed by atoms with Crippen molar-refractivity contribution in [1.29, 1.82) is 0 Å². The van der Waals surface area contributed by atoms with Crippen LogP contribution in [0.1, 0.15) is 27.1 Å². The summed E-state index contributed by atoms with van der Waals surface area (Å²) in [6.07, 6.45) is 3.80. The molecule has 0 bridgehead atoms. The monoisotopic (exact) mass is 357 g/mol. The fraction of sp³-hybridized carbons (Fsp3) is 0.316. The van der Waals surface area contributed by atoms with E-state index in [2.05, 4.69) is 4.98 Å².